The molecule has 0 saturated carbocycles. The molecule has 37 heavy (non-hydrogen) atoms. The number of halogens is 3. The van der Waals surface area contributed by atoms with Crippen molar-refractivity contribution in [1.29, 1.82) is 0 Å². The van der Waals surface area contributed by atoms with Gasteiger partial charge in [0.25, 0.3) is 12.0 Å². The Morgan fingerprint density at radius 2 is 2.03 bits per heavy atom. The summed E-state index contributed by atoms with van der Waals surface area (Å²) in [6.45, 7) is 4.64. The lowest BCUT2D eigenvalue weighted by molar-refractivity contribution is -0.172. The molecule has 2 aliphatic heterocycles. The SMILES string of the molecule is CC[C@@]1(O)C(=O)OCc2c1cc1n(c2=O)Cc2c-1nc1cc(F)c(C)c3c1c2[C@@H](NC(C)C(F)F)CC3. The first-order valence-corrected chi connectivity index (χ1v) is 12.4. The molecule has 6 rings (SSSR count). The Balaban J connectivity index is 1.64. The Bertz CT molecular complexity index is 1570. The van der Waals surface area contributed by atoms with Crippen LogP contribution in [0.25, 0.3) is 22.3 Å². The largest absolute Gasteiger partial charge is 0.458 e. The van der Waals surface area contributed by atoms with Gasteiger partial charge in [0.1, 0.15) is 12.4 Å². The second-order valence-corrected chi connectivity index (χ2v) is 10.2. The fraction of sp³-hybridized carbons (Fsp3) is 0.444. The molecule has 7 nitrogen and oxygen atoms in total. The van der Waals surface area contributed by atoms with Gasteiger partial charge in [-0.1, -0.05) is 6.92 Å². The molecule has 2 aromatic heterocycles. The zero-order chi connectivity index (χ0) is 26.4. The van der Waals surface area contributed by atoms with E-state index in [1.807, 2.05) is 0 Å². The molecule has 194 valence electrons. The Hall–Kier alpha value is -3.24. The molecule has 0 saturated heterocycles. The fourth-order valence-corrected chi connectivity index (χ4v) is 6.11. The van der Waals surface area contributed by atoms with E-state index in [1.165, 1.54) is 17.6 Å². The number of cyclic esters (lactones) is 1. The molecule has 2 N–H and O–H groups in total. The van der Waals surface area contributed by atoms with E-state index in [4.69, 9.17) is 9.72 Å². The molecule has 0 radical (unpaired) electrons. The third kappa shape index (κ3) is 3.24. The molecule has 0 spiro atoms. The van der Waals surface area contributed by atoms with Crippen LogP contribution >= 0.6 is 0 Å². The number of fused-ring (bicyclic) bond motifs is 5. The number of nitrogens with zero attached hydrogens (tertiary/aromatic N) is 2. The van der Waals surface area contributed by atoms with Crippen molar-refractivity contribution < 1.29 is 27.8 Å². The summed E-state index contributed by atoms with van der Waals surface area (Å²) >= 11 is 0. The van der Waals surface area contributed by atoms with E-state index >= 15 is 0 Å². The van der Waals surface area contributed by atoms with Crippen LogP contribution in [0.15, 0.2) is 16.9 Å². The second kappa shape index (κ2) is 8.13. The van der Waals surface area contributed by atoms with Gasteiger partial charge in [-0.3, -0.25) is 4.79 Å². The molecular formula is C27H26F3N3O4. The molecule has 0 fully saturated rings. The zero-order valence-corrected chi connectivity index (χ0v) is 20.6. The summed E-state index contributed by atoms with van der Waals surface area (Å²) in [5.41, 5.74) is 1.94. The number of aryl methyl sites for hydroxylation is 1. The van der Waals surface area contributed by atoms with Crippen LogP contribution in [0.5, 0.6) is 0 Å². The second-order valence-electron chi connectivity index (χ2n) is 10.2. The molecule has 3 atom stereocenters. The number of aliphatic hydroxyl groups is 1. The molecule has 3 aliphatic rings. The minimum Gasteiger partial charge on any atom is -0.458 e. The van der Waals surface area contributed by atoms with Crippen LogP contribution in [0.1, 0.15) is 66.1 Å². The van der Waals surface area contributed by atoms with E-state index in [2.05, 4.69) is 5.32 Å². The first-order valence-electron chi connectivity index (χ1n) is 12.4. The number of hydrogen-bond donors (Lipinski definition) is 2. The molecule has 1 unspecified atom stereocenters. The molecular weight excluding hydrogens is 487 g/mol. The van der Waals surface area contributed by atoms with Crippen molar-refractivity contribution in [3.05, 3.63) is 61.7 Å². The third-order valence-corrected chi connectivity index (χ3v) is 8.22. The van der Waals surface area contributed by atoms with E-state index in [9.17, 15) is 27.9 Å². The lowest BCUT2D eigenvalue weighted by Gasteiger charge is -2.31. The molecule has 1 aromatic carbocycles. The molecule has 0 bridgehead atoms. The number of benzene rings is 1. The zero-order valence-electron chi connectivity index (χ0n) is 20.6. The van der Waals surface area contributed by atoms with E-state index in [-0.39, 0.29) is 30.7 Å². The maximum absolute atomic E-state index is 14.9. The van der Waals surface area contributed by atoms with Crippen LogP contribution in [-0.2, 0) is 34.7 Å². The Kier molecular flexibility index (Phi) is 5.30. The smallest absolute Gasteiger partial charge is 0.343 e. The van der Waals surface area contributed by atoms with Gasteiger partial charge in [0.15, 0.2) is 5.60 Å². The molecule has 3 aromatic rings. The topological polar surface area (TPSA) is 93.5 Å². The number of pyridine rings is 2. The normalized spacial score (nSPS) is 22.6. The maximum atomic E-state index is 14.9. The molecule has 1 aliphatic carbocycles. The van der Waals surface area contributed by atoms with Crippen molar-refractivity contribution in [1.82, 2.24) is 14.9 Å². The number of hydrogen-bond acceptors (Lipinski definition) is 6. The van der Waals surface area contributed by atoms with Crippen LogP contribution in [-0.4, -0.2) is 33.1 Å². The first kappa shape index (κ1) is 24.1. The van der Waals surface area contributed by atoms with Gasteiger partial charge in [0.05, 0.1) is 35.1 Å². The van der Waals surface area contributed by atoms with Crippen LogP contribution in [0.3, 0.4) is 0 Å². The van der Waals surface area contributed by atoms with Gasteiger partial charge in [0.2, 0.25) is 0 Å². The van der Waals surface area contributed by atoms with E-state index in [0.29, 0.717) is 40.9 Å². The van der Waals surface area contributed by atoms with E-state index in [1.54, 1.807) is 19.9 Å². The average Bonchev–Trinajstić information content (AvgIpc) is 3.24. The van der Waals surface area contributed by atoms with Gasteiger partial charge < -0.3 is 19.7 Å². The van der Waals surface area contributed by atoms with Crippen LogP contribution in [0.2, 0.25) is 0 Å². The predicted octanol–water partition coefficient (Wildman–Crippen LogP) is 3.76. The highest BCUT2D eigenvalue weighted by Crippen LogP contribution is 2.46. The monoisotopic (exact) mass is 513 g/mol. The van der Waals surface area contributed by atoms with Gasteiger partial charge in [-0.25, -0.2) is 22.9 Å². The summed E-state index contributed by atoms with van der Waals surface area (Å²) < 4.78 is 48.5. The number of rotatable bonds is 4. The summed E-state index contributed by atoms with van der Waals surface area (Å²) in [5.74, 6) is -1.23. The quantitative estimate of drug-likeness (QED) is 0.404. The van der Waals surface area contributed by atoms with Gasteiger partial charge in [-0.2, -0.15) is 0 Å². The Labute approximate surface area is 210 Å². The Morgan fingerprint density at radius 1 is 1.27 bits per heavy atom. The minimum absolute atomic E-state index is 0.0103. The van der Waals surface area contributed by atoms with E-state index < -0.39 is 41.5 Å². The van der Waals surface area contributed by atoms with Gasteiger partial charge in [-0.15, -0.1) is 0 Å². The highest BCUT2D eigenvalue weighted by Gasteiger charge is 2.46. The van der Waals surface area contributed by atoms with Crippen molar-refractivity contribution in [2.24, 2.45) is 0 Å². The number of ether oxygens (including phenoxy) is 1. The number of aromatic nitrogens is 2. The van der Waals surface area contributed by atoms with Gasteiger partial charge in [0, 0.05) is 28.6 Å². The number of carbonyl (C=O) groups is 1. The number of esters is 1. The standard InChI is InChI=1S/C27H26F3N3O4/c1-4-27(36)16-7-20-23-14(9-33(20)25(34)15(16)10-37-26(27)35)22-18(31-12(3)24(29)30)6-5-13-11(2)17(28)8-19(32-23)21(13)22/h7-8,12,18,24,31,36H,4-6,9-10H2,1-3H3/t12?,18-,27-/m0/s1. The number of alkyl halides is 2. The van der Waals surface area contributed by atoms with Crippen molar-refractivity contribution in [2.45, 2.75) is 77.3 Å². The van der Waals surface area contributed by atoms with Crippen molar-refractivity contribution in [3.63, 3.8) is 0 Å². The summed E-state index contributed by atoms with van der Waals surface area (Å²) in [5, 5.41) is 14.9. The van der Waals surface area contributed by atoms with Crippen molar-refractivity contribution in [2.75, 3.05) is 0 Å². The lowest BCUT2D eigenvalue weighted by Crippen LogP contribution is -2.44. The van der Waals surface area contributed by atoms with Crippen molar-refractivity contribution in [3.8, 4) is 11.4 Å². The highest BCUT2D eigenvalue weighted by atomic mass is 19.3. The number of nitrogens with one attached hydrogen (secondary N) is 1. The van der Waals surface area contributed by atoms with Crippen LogP contribution < -0.4 is 10.9 Å². The maximum Gasteiger partial charge on any atom is 0.343 e. The molecule has 4 heterocycles. The summed E-state index contributed by atoms with van der Waals surface area (Å²) in [6.07, 6.45) is -1.57. The average molecular weight is 514 g/mol. The Morgan fingerprint density at radius 3 is 2.73 bits per heavy atom. The highest BCUT2D eigenvalue weighted by molar-refractivity contribution is 5.93. The first-order chi connectivity index (χ1) is 17.6. The minimum atomic E-state index is -2.57. The molecule has 0 amide bonds. The van der Waals surface area contributed by atoms with Gasteiger partial charge >= 0.3 is 5.97 Å². The summed E-state index contributed by atoms with van der Waals surface area (Å²) in [6, 6.07) is 1.41. The van der Waals surface area contributed by atoms with Gasteiger partial charge in [-0.05, 0) is 55.9 Å². The van der Waals surface area contributed by atoms with Crippen LogP contribution in [0, 0.1) is 12.7 Å². The number of carbonyl (C=O) groups excluding carboxylic acids is 1. The summed E-state index contributed by atoms with van der Waals surface area (Å²) in [7, 11) is 0. The predicted molar refractivity (Wildman–Crippen MR) is 129 cm³/mol. The van der Waals surface area contributed by atoms with Crippen LogP contribution in [0.4, 0.5) is 13.2 Å². The molecule has 10 heteroatoms. The third-order valence-electron chi connectivity index (χ3n) is 8.22. The fourth-order valence-electron chi connectivity index (χ4n) is 6.11. The lowest BCUT2D eigenvalue weighted by atomic mass is 9.81. The van der Waals surface area contributed by atoms with E-state index in [0.717, 1.165) is 16.5 Å². The summed E-state index contributed by atoms with van der Waals surface area (Å²) in [4.78, 5) is 30.8. The van der Waals surface area contributed by atoms with Crippen molar-refractivity contribution >= 4 is 16.9 Å².